The van der Waals surface area contributed by atoms with Crippen LogP contribution in [0.25, 0.3) is 0 Å². The van der Waals surface area contributed by atoms with Crippen LogP contribution in [0.1, 0.15) is 41.5 Å². The zero-order chi connectivity index (χ0) is 33.2. The topological polar surface area (TPSA) is 88.4 Å². The molecule has 1 aliphatic heterocycles. The zero-order valence-corrected chi connectivity index (χ0v) is 29.7. The van der Waals surface area contributed by atoms with Gasteiger partial charge in [-0.1, -0.05) is 163 Å². The van der Waals surface area contributed by atoms with Gasteiger partial charge in [-0.3, -0.25) is 0 Å². The normalized spacial score (nSPS) is 22.8. The first-order valence-corrected chi connectivity index (χ1v) is 19.9. The average Bonchev–Trinajstić information content (AvgIpc) is 3.04. The van der Waals surface area contributed by atoms with Gasteiger partial charge in [0.05, 0.1) is 6.61 Å². The first-order chi connectivity index (χ1) is 21.8. The van der Waals surface area contributed by atoms with E-state index in [0.29, 0.717) is 0 Å². The van der Waals surface area contributed by atoms with Crippen molar-refractivity contribution in [3.8, 4) is 0 Å². The van der Waals surface area contributed by atoms with Crippen LogP contribution >= 0.6 is 0 Å². The number of benzene rings is 4. The molecule has 8 heteroatoms. The minimum atomic E-state index is -3.19. The van der Waals surface area contributed by atoms with Crippen LogP contribution in [0, 0.1) is 0 Å². The number of hydrogen-bond donors (Lipinski definition) is 3. The Morgan fingerprint density at radius 2 is 0.891 bits per heavy atom. The van der Waals surface area contributed by atoms with E-state index in [1.165, 1.54) is 0 Å². The van der Waals surface area contributed by atoms with Crippen LogP contribution in [0.3, 0.4) is 0 Å². The molecular weight excluding hydrogens is 609 g/mol. The van der Waals surface area contributed by atoms with Gasteiger partial charge in [-0.25, -0.2) is 0 Å². The molecule has 0 radical (unpaired) electrons. The number of aliphatic hydroxyl groups is 3. The van der Waals surface area contributed by atoms with Crippen molar-refractivity contribution >= 4 is 37.4 Å². The second-order valence-corrected chi connectivity index (χ2v) is 22.8. The van der Waals surface area contributed by atoms with E-state index in [2.05, 4.69) is 90.1 Å². The Balaban J connectivity index is 1.63. The van der Waals surface area contributed by atoms with Gasteiger partial charge in [0, 0.05) is 0 Å². The third-order valence-electron chi connectivity index (χ3n) is 9.27. The molecule has 4 aromatic rings. The predicted octanol–water partition coefficient (Wildman–Crippen LogP) is 3.95. The summed E-state index contributed by atoms with van der Waals surface area (Å²) in [5, 5.41) is 37.1. The van der Waals surface area contributed by atoms with Crippen molar-refractivity contribution in [2.75, 3.05) is 6.61 Å². The van der Waals surface area contributed by atoms with Crippen LogP contribution in [-0.4, -0.2) is 69.3 Å². The highest BCUT2D eigenvalue weighted by molar-refractivity contribution is 7.00. The Labute approximate surface area is 275 Å². The highest BCUT2D eigenvalue weighted by Gasteiger charge is 2.57. The Hall–Kier alpha value is -2.93. The van der Waals surface area contributed by atoms with E-state index in [1.54, 1.807) is 0 Å². The molecule has 0 amide bonds. The van der Waals surface area contributed by atoms with Crippen molar-refractivity contribution in [1.29, 1.82) is 0 Å². The molecule has 1 heterocycles. The average molecular weight is 657 g/mol. The minimum absolute atomic E-state index is 0.0387. The molecule has 6 nitrogen and oxygen atoms in total. The number of rotatable bonds is 9. The Morgan fingerprint density at radius 1 is 0.543 bits per heavy atom. The van der Waals surface area contributed by atoms with E-state index in [-0.39, 0.29) is 16.7 Å². The second kappa shape index (κ2) is 13.7. The van der Waals surface area contributed by atoms with Crippen LogP contribution < -0.4 is 20.7 Å². The summed E-state index contributed by atoms with van der Waals surface area (Å²) in [5.41, 5.74) is 0. The van der Waals surface area contributed by atoms with Crippen molar-refractivity contribution in [3.63, 3.8) is 0 Å². The van der Waals surface area contributed by atoms with Gasteiger partial charge in [-0.2, -0.15) is 0 Å². The van der Waals surface area contributed by atoms with Gasteiger partial charge in [0.1, 0.15) is 24.4 Å². The van der Waals surface area contributed by atoms with E-state index in [0.717, 1.165) is 20.7 Å². The van der Waals surface area contributed by atoms with Gasteiger partial charge in [0.15, 0.2) is 6.29 Å². The van der Waals surface area contributed by atoms with Gasteiger partial charge in [0.25, 0.3) is 16.6 Å². The fraction of sp³-hybridized carbons (Fsp3) is 0.368. The van der Waals surface area contributed by atoms with Gasteiger partial charge in [-0.05, 0) is 30.8 Å². The van der Waals surface area contributed by atoms with E-state index in [4.69, 9.17) is 13.6 Å². The maximum Gasteiger partial charge on any atom is 0.261 e. The van der Waals surface area contributed by atoms with E-state index in [1.807, 2.05) is 72.8 Å². The standard InChI is InChI=1S/C38H48O6Si2/c1-37(2,3)45(28-19-11-7-12-20-28,29-21-13-8-14-22-29)42-27-32-35(33(39)34(40)36(41)43-32)44-46(38(4,5)6,30-23-15-9-16-24-30)31-25-17-10-18-26-31/h7-26,32-36,39-41H,27H2,1-6H3/t32-,33-,34+,35-,36+/m1/s1. The molecule has 5 rings (SSSR count). The number of hydrogen-bond acceptors (Lipinski definition) is 6. The van der Waals surface area contributed by atoms with Crippen LogP contribution in [0.2, 0.25) is 10.1 Å². The lowest BCUT2D eigenvalue weighted by Gasteiger charge is -2.50. The first kappa shape index (κ1) is 34.4. The maximum absolute atomic E-state index is 11.7. The fourth-order valence-corrected chi connectivity index (χ4v) is 16.3. The molecule has 5 atom stereocenters. The Kier molecular flexibility index (Phi) is 10.2. The molecule has 0 aromatic heterocycles. The zero-order valence-electron chi connectivity index (χ0n) is 27.7. The lowest BCUT2D eigenvalue weighted by molar-refractivity contribution is -0.282. The summed E-state index contributed by atoms with van der Waals surface area (Å²) in [6.45, 7) is 13.1. The molecule has 46 heavy (non-hydrogen) atoms. The predicted molar refractivity (Wildman–Crippen MR) is 189 cm³/mol. The SMILES string of the molecule is CC(C)(C)[Si](OC[C@H]1O[C@H](O)[C@@H](O)[C@@H](O)[C@@H]1O[Si](c1ccccc1)(c1ccccc1)C(C)(C)C)(c1ccccc1)c1ccccc1. The third-order valence-corrected chi connectivity index (χ3v) is 19.3. The van der Waals surface area contributed by atoms with Gasteiger partial charge >= 0.3 is 0 Å². The first-order valence-electron chi connectivity index (χ1n) is 16.1. The molecule has 0 spiro atoms. The summed E-state index contributed by atoms with van der Waals surface area (Å²) >= 11 is 0. The second-order valence-electron chi connectivity index (χ2n) is 14.3. The molecule has 244 valence electrons. The summed E-state index contributed by atoms with van der Waals surface area (Å²) in [5.74, 6) is 0. The van der Waals surface area contributed by atoms with Gasteiger partial charge in [-0.15, -0.1) is 0 Å². The molecule has 0 saturated carbocycles. The van der Waals surface area contributed by atoms with Crippen molar-refractivity contribution in [3.05, 3.63) is 121 Å². The minimum Gasteiger partial charge on any atom is -0.405 e. The lowest BCUT2D eigenvalue weighted by Crippen LogP contribution is -2.72. The monoisotopic (exact) mass is 656 g/mol. The summed E-state index contributed by atoms with van der Waals surface area (Å²) in [6, 6.07) is 40.9. The molecule has 3 N–H and O–H groups in total. The Bertz CT molecular complexity index is 1440. The summed E-state index contributed by atoms with van der Waals surface area (Å²) in [4.78, 5) is 0. The van der Waals surface area contributed by atoms with Crippen LogP contribution in [-0.2, 0) is 13.6 Å². The molecule has 4 aromatic carbocycles. The third kappa shape index (κ3) is 6.33. The lowest BCUT2D eigenvalue weighted by atomic mass is 9.99. The van der Waals surface area contributed by atoms with Crippen molar-refractivity contribution in [2.24, 2.45) is 0 Å². The van der Waals surface area contributed by atoms with E-state index < -0.39 is 47.3 Å². The van der Waals surface area contributed by atoms with Crippen LogP contribution in [0.4, 0.5) is 0 Å². The maximum atomic E-state index is 11.7. The van der Waals surface area contributed by atoms with Crippen LogP contribution in [0.5, 0.6) is 0 Å². The molecule has 1 saturated heterocycles. The quantitative estimate of drug-likeness (QED) is 0.237. The van der Waals surface area contributed by atoms with E-state index >= 15 is 0 Å². The molecule has 1 fully saturated rings. The summed E-state index contributed by atoms with van der Waals surface area (Å²) in [6.07, 6.45) is -6.44. The fourth-order valence-electron chi connectivity index (χ4n) is 7.06. The van der Waals surface area contributed by atoms with Crippen molar-refractivity contribution in [1.82, 2.24) is 0 Å². The van der Waals surface area contributed by atoms with Crippen molar-refractivity contribution in [2.45, 2.75) is 82.3 Å². The Morgan fingerprint density at radius 3 is 1.24 bits per heavy atom. The highest BCUT2D eigenvalue weighted by atomic mass is 28.4. The van der Waals surface area contributed by atoms with Crippen molar-refractivity contribution < 1.29 is 28.9 Å². The largest absolute Gasteiger partial charge is 0.405 e. The molecule has 1 aliphatic rings. The molecule has 0 aliphatic carbocycles. The molecule has 0 unspecified atom stereocenters. The van der Waals surface area contributed by atoms with Crippen LogP contribution in [0.15, 0.2) is 121 Å². The summed E-state index contributed by atoms with van der Waals surface area (Å²) in [7, 11) is -6.19. The number of ether oxygens (including phenoxy) is 1. The smallest absolute Gasteiger partial charge is 0.261 e. The van der Waals surface area contributed by atoms with Gasteiger partial charge < -0.3 is 28.9 Å². The molecule has 0 bridgehead atoms. The summed E-state index contributed by atoms with van der Waals surface area (Å²) < 4.78 is 20.7. The van der Waals surface area contributed by atoms with E-state index in [9.17, 15) is 15.3 Å². The number of aliphatic hydroxyl groups excluding tert-OH is 3. The molecular formula is C38H48O6Si2. The van der Waals surface area contributed by atoms with Gasteiger partial charge in [0.2, 0.25) is 0 Å². The highest BCUT2D eigenvalue weighted by Crippen LogP contribution is 2.41.